The predicted molar refractivity (Wildman–Crippen MR) is 116 cm³/mol. The van der Waals surface area contributed by atoms with E-state index in [1.807, 2.05) is 18.2 Å². The Morgan fingerprint density at radius 2 is 2.03 bits per heavy atom. The minimum absolute atomic E-state index is 0.0775. The van der Waals surface area contributed by atoms with Gasteiger partial charge in [-0.25, -0.2) is 5.43 Å². The molecule has 1 fully saturated rings. The van der Waals surface area contributed by atoms with Crippen molar-refractivity contribution in [3.63, 3.8) is 0 Å². The van der Waals surface area contributed by atoms with Crippen LogP contribution in [0.5, 0.6) is 5.75 Å². The minimum atomic E-state index is -0.880. The third-order valence-corrected chi connectivity index (χ3v) is 5.34. The lowest BCUT2D eigenvalue weighted by Gasteiger charge is -2.20. The molecule has 2 aromatic rings. The van der Waals surface area contributed by atoms with Crippen LogP contribution in [0.3, 0.4) is 0 Å². The summed E-state index contributed by atoms with van der Waals surface area (Å²) in [5.74, 6) is -0.514. The highest BCUT2D eigenvalue weighted by Crippen LogP contribution is 2.28. The first-order valence-corrected chi connectivity index (χ1v) is 10.4. The van der Waals surface area contributed by atoms with Crippen molar-refractivity contribution in [2.75, 3.05) is 13.2 Å². The quantitative estimate of drug-likeness (QED) is 0.431. The molecule has 1 aliphatic heterocycles. The van der Waals surface area contributed by atoms with Crippen molar-refractivity contribution in [3.05, 3.63) is 62.0 Å². The fourth-order valence-electron chi connectivity index (χ4n) is 2.68. The maximum atomic E-state index is 12.0. The average molecular weight is 502 g/mol. The molecule has 2 aromatic carbocycles. The molecule has 0 aliphatic carbocycles. The highest BCUT2D eigenvalue weighted by Gasteiger charge is 2.33. The molecule has 6 nitrogen and oxygen atoms in total. The van der Waals surface area contributed by atoms with Crippen LogP contribution in [0.25, 0.3) is 0 Å². The Balaban J connectivity index is 1.53. The third kappa shape index (κ3) is 6.42. The largest absolute Gasteiger partial charge is 0.488 e. The number of nitrogens with one attached hydrogen (secondary N) is 1. The number of carbonyl (C=O) groups excluding carboxylic acids is 1. The molecular formula is C20H19BrCl2N2O4. The molecule has 9 heteroatoms. The Bertz CT molecular complexity index is 917. The molecule has 1 aliphatic rings. The topological polar surface area (TPSA) is 69.2 Å². The van der Waals surface area contributed by atoms with E-state index in [4.69, 9.17) is 37.4 Å². The van der Waals surface area contributed by atoms with E-state index >= 15 is 0 Å². The second-order valence-electron chi connectivity index (χ2n) is 6.51. The van der Waals surface area contributed by atoms with E-state index in [9.17, 15) is 4.79 Å². The van der Waals surface area contributed by atoms with Gasteiger partial charge in [-0.05, 0) is 58.7 Å². The van der Waals surface area contributed by atoms with Gasteiger partial charge in [0.05, 0.1) is 30.3 Å². The molecule has 154 valence electrons. The number of carbonyl (C=O) groups is 1. The van der Waals surface area contributed by atoms with Gasteiger partial charge < -0.3 is 14.2 Å². The summed E-state index contributed by atoms with van der Waals surface area (Å²) in [5, 5.41) is 5.10. The molecular weight excluding hydrogens is 483 g/mol. The zero-order valence-electron chi connectivity index (χ0n) is 15.6. The molecule has 0 saturated carbocycles. The Labute approximate surface area is 187 Å². The molecule has 0 spiro atoms. The third-order valence-electron chi connectivity index (χ3n) is 4.14. The summed E-state index contributed by atoms with van der Waals surface area (Å²) in [4.78, 5) is 12.0. The normalized spacial score (nSPS) is 15.6. The zero-order valence-corrected chi connectivity index (χ0v) is 18.7. The summed E-state index contributed by atoms with van der Waals surface area (Å²) >= 11 is 15.5. The Morgan fingerprint density at radius 3 is 2.72 bits per heavy atom. The highest BCUT2D eigenvalue weighted by molar-refractivity contribution is 9.10. The van der Waals surface area contributed by atoms with Crippen molar-refractivity contribution in [1.82, 2.24) is 5.43 Å². The molecule has 0 bridgehead atoms. The van der Waals surface area contributed by atoms with E-state index in [1.165, 1.54) is 0 Å². The fourth-order valence-corrected chi connectivity index (χ4v) is 3.65. The Morgan fingerprint density at radius 1 is 1.28 bits per heavy atom. The van der Waals surface area contributed by atoms with Crippen molar-refractivity contribution >= 4 is 51.3 Å². The molecule has 0 unspecified atom stereocenters. The molecule has 29 heavy (non-hydrogen) atoms. The van der Waals surface area contributed by atoms with E-state index in [0.717, 1.165) is 15.6 Å². The summed E-state index contributed by atoms with van der Waals surface area (Å²) < 4.78 is 17.4. The standard InChI is InChI=1S/C20H19BrCl2N2O4/c1-20(28-6-7-29-20)10-19(26)25-24-11-13-2-5-18(16(21)8-13)27-12-14-3-4-15(22)9-17(14)23/h2-5,8-9,11H,6-7,10,12H2,1H3,(H,25,26). The van der Waals surface area contributed by atoms with Crippen molar-refractivity contribution in [3.8, 4) is 5.75 Å². The average Bonchev–Trinajstić information content (AvgIpc) is 3.08. The van der Waals surface area contributed by atoms with E-state index in [-0.39, 0.29) is 12.3 Å². The lowest BCUT2D eigenvalue weighted by molar-refractivity contribution is -0.159. The van der Waals surface area contributed by atoms with Crippen LogP contribution >= 0.6 is 39.1 Å². The number of amides is 1. The van der Waals surface area contributed by atoms with Gasteiger partial charge in [-0.2, -0.15) is 5.10 Å². The maximum absolute atomic E-state index is 12.0. The van der Waals surface area contributed by atoms with E-state index in [0.29, 0.717) is 35.6 Å². The van der Waals surface area contributed by atoms with E-state index in [1.54, 1.807) is 31.3 Å². The summed E-state index contributed by atoms with van der Waals surface area (Å²) in [6.07, 6.45) is 1.62. The van der Waals surface area contributed by atoms with Crippen LogP contribution in [-0.4, -0.2) is 31.1 Å². The first-order valence-electron chi connectivity index (χ1n) is 8.81. The van der Waals surface area contributed by atoms with E-state index in [2.05, 4.69) is 26.5 Å². The molecule has 1 N–H and O–H groups in total. The SMILES string of the molecule is CC1(CC(=O)NN=Cc2ccc(OCc3ccc(Cl)cc3Cl)c(Br)c2)OCCO1. The maximum Gasteiger partial charge on any atom is 0.245 e. The summed E-state index contributed by atoms with van der Waals surface area (Å²) in [6.45, 7) is 3.01. The van der Waals surface area contributed by atoms with E-state index < -0.39 is 5.79 Å². The fraction of sp³-hybridized carbons (Fsp3) is 0.300. The van der Waals surface area contributed by atoms with Crippen LogP contribution in [0, 0.1) is 0 Å². The number of nitrogens with zero attached hydrogens (tertiary/aromatic N) is 1. The predicted octanol–water partition coefficient (Wildman–Crippen LogP) is 4.94. The van der Waals surface area contributed by atoms with Crippen LogP contribution < -0.4 is 10.2 Å². The van der Waals surface area contributed by atoms with Gasteiger partial charge in [0.25, 0.3) is 0 Å². The second kappa shape index (κ2) is 9.91. The van der Waals surface area contributed by atoms with Gasteiger partial charge in [0, 0.05) is 15.6 Å². The van der Waals surface area contributed by atoms with Gasteiger partial charge in [-0.15, -0.1) is 0 Å². The van der Waals surface area contributed by atoms with Crippen molar-refractivity contribution in [1.29, 1.82) is 0 Å². The molecule has 1 amide bonds. The Hall–Kier alpha value is -1.64. The van der Waals surface area contributed by atoms with Gasteiger partial charge in [0.15, 0.2) is 5.79 Å². The lowest BCUT2D eigenvalue weighted by Crippen LogP contribution is -2.33. The minimum Gasteiger partial charge on any atom is -0.488 e. The number of ether oxygens (including phenoxy) is 3. The van der Waals surface area contributed by atoms with Crippen LogP contribution in [0.2, 0.25) is 10.0 Å². The van der Waals surface area contributed by atoms with Gasteiger partial charge in [-0.1, -0.05) is 29.3 Å². The molecule has 0 radical (unpaired) electrons. The van der Waals surface area contributed by atoms with Gasteiger partial charge in [0.2, 0.25) is 5.91 Å². The number of hydrogen-bond acceptors (Lipinski definition) is 5. The van der Waals surface area contributed by atoms with Crippen molar-refractivity contribution in [2.24, 2.45) is 5.10 Å². The number of halogens is 3. The Kier molecular flexibility index (Phi) is 7.54. The summed E-state index contributed by atoms with van der Waals surface area (Å²) in [6, 6.07) is 10.7. The smallest absolute Gasteiger partial charge is 0.245 e. The summed E-state index contributed by atoms with van der Waals surface area (Å²) in [7, 11) is 0. The number of benzene rings is 2. The lowest BCUT2D eigenvalue weighted by atomic mass is 10.2. The van der Waals surface area contributed by atoms with Gasteiger partial charge >= 0.3 is 0 Å². The van der Waals surface area contributed by atoms with Crippen LogP contribution in [-0.2, 0) is 20.9 Å². The van der Waals surface area contributed by atoms with Gasteiger partial charge in [0.1, 0.15) is 12.4 Å². The molecule has 1 saturated heterocycles. The zero-order chi connectivity index (χ0) is 20.9. The van der Waals surface area contributed by atoms with Crippen molar-refractivity contribution < 1.29 is 19.0 Å². The van der Waals surface area contributed by atoms with Crippen LogP contribution in [0.1, 0.15) is 24.5 Å². The number of rotatable bonds is 7. The van der Waals surface area contributed by atoms with Crippen LogP contribution in [0.4, 0.5) is 0 Å². The monoisotopic (exact) mass is 500 g/mol. The number of hydrogen-bond donors (Lipinski definition) is 1. The van der Waals surface area contributed by atoms with Crippen molar-refractivity contribution in [2.45, 2.75) is 25.7 Å². The first-order chi connectivity index (χ1) is 13.8. The highest BCUT2D eigenvalue weighted by atomic mass is 79.9. The molecule has 3 rings (SSSR count). The van der Waals surface area contributed by atoms with Gasteiger partial charge in [-0.3, -0.25) is 4.79 Å². The molecule has 1 heterocycles. The second-order valence-corrected chi connectivity index (χ2v) is 8.21. The number of hydrazone groups is 1. The van der Waals surface area contributed by atoms with Crippen LogP contribution in [0.15, 0.2) is 46.0 Å². The first kappa shape index (κ1) is 22.1. The molecule has 0 atom stereocenters. The summed E-state index contributed by atoms with van der Waals surface area (Å²) in [5.41, 5.74) is 4.09. The molecule has 0 aromatic heterocycles.